The third-order valence-corrected chi connectivity index (χ3v) is 6.47. The second-order valence-electron chi connectivity index (χ2n) is 8.85. The van der Waals surface area contributed by atoms with Crippen molar-refractivity contribution in [2.45, 2.75) is 56.6 Å². The first kappa shape index (κ1) is 27.3. The van der Waals surface area contributed by atoms with Crippen molar-refractivity contribution in [3.63, 3.8) is 0 Å². The van der Waals surface area contributed by atoms with Crippen molar-refractivity contribution in [2.75, 3.05) is 13.7 Å². The van der Waals surface area contributed by atoms with E-state index in [0.717, 1.165) is 32.1 Å². The average molecular weight is 524 g/mol. The Morgan fingerprint density at radius 1 is 1.25 bits per heavy atom. The van der Waals surface area contributed by atoms with Gasteiger partial charge in [-0.05, 0) is 30.5 Å². The van der Waals surface area contributed by atoms with E-state index in [-0.39, 0.29) is 24.6 Å². The number of rotatable bonds is 10. The summed E-state index contributed by atoms with van der Waals surface area (Å²) in [4.78, 5) is 52.7. The van der Waals surface area contributed by atoms with Crippen LogP contribution in [-0.2, 0) is 14.4 Å². The van der Waals surface area contributed by atoms with Crippen LogP contribution in [0.1, 0.15) is 55.4 Å². The van der Waals surface area contributed by atoms with Gasteiger partial charge in [-0.15, -0.1) is 0 Å². The number of hydrogen-bond donors (Lipinski definition) is 4. The Bertz CT molecular complexity index is 1100. The molecule has 1 aliphatic rings. The summed E-state index contributed by atoms with van der Waals surface area (Å²) < 4.78 is 18.8. The van der Waals surface area contributed by atoms with Crippen LogP contribution < -0.4 is 21.2 Å². The normalized spacial score (nSPS) is 15.6. The molecule has 3 rings (SSSR count). The maximum absolute atomic E-state index is 13.5. The number of alkyl halides is 2. The van der Waals surface area contributed by atoms with E-state index in [1.54, 1.807) is 24.3 Å². The summed E-state index contributed by atoms with van der Waals surface area (Å²) >= 11 is 5.28. The summed E-state index contributed by atoms with van der Waals surface area (Å²) in [7, 11) is 1.53. The SMILES string of the molecule is COc1cccc2[nH]c(C(=O)NC(CC3CCCCC3)C(=O)NN(CCC(N)=O)C(=O)C(F)Cl)cc12. The van der Waals surface area contributed by atoms with E-state index in [4.69, 9.17) is 22.1 Å². The molecule has 1 aromatic heterocycles. The molecule has 2 aromatic rings. The molecule has 0 spiro atoms. The second kappa shape index (κ2) is 12.6. The number of carbonyl (C=O) groups is 4. The van der Waals surface area contributed by atoms with E-state index in [9.17, 15) is 23.6 Å². The lowest BCUT2D eigenvalue weighted by atomic mass is 9.84. The molecule has 0 aliphatic heterocycles. The molecule has 1 fully saturated rings. The zero-order valence-electron chi connectivity index (χ0n) is 20.0. The number of aromatic amines is 1. The smallest absolute Gasteiger partial charge is 0.291 e. The minimum Gasteiger partial charge on any atom is -0.496 e. The fourth-order valence-electron chi connectivity index (χ4n) is 4.42. The first-order valence-corrected chi connectivity index (χ1v) is 12.3. The molecule has 1 aromatic carbocycles. The summed E-state index contributed by atoms with van der Waals surface area (Å²) in [5.41, 5.74) is 5.93. The molecule has 12 heteroatoms. The molecule has 0 saturated heterocycles. The molecule has 10 nitrogen and oxygen atoms in total. The van der Waals surface area contributed by atoms with Gasteiger partial charge in [-0.2, -0.15) is 0 Å². The van der Waals surface area contributed by atoms with E-state index in [1.807, 2.05) is 0 Å². The number of hydrogen-bond acceptors (Lipinski definition) is 5. The number of H-pyrrole nitrogens is 1. The van der Waals surface area contributed by atoms with Crippen molar-refractivity contribution in [3.05, 3.63) is 30.0 Å². The van der Waals surface area contributed by atoms with Gasteiger partial charge in [-0.3, -0.25) is 24.6 Å². The highest BCUT2D eigenvalue weighted by Gasteiger charge is 2.30. The Morgan fingerprint density at radius 2 is 1.97 bits per heavy atom. The Hall–Kier alpha value is -3.34. The molecule has 5 N–H and O–H groups in total. The lowest BCUT2D eigenvalue weighted by molar-refractivity contribution is -0.144. The maximum atomic E-state index is 13.5. The van der Waals surface area contributed by atoms with Crippen LogP contribution in [0.15, 0.2) is 24.3 Å². The van der Waals surface area contributed by atoms with Gasteiger partial charge in [0.2, 0.25) is 5.91 Å². The number of nitrogens with zero attached hydrogens (tertiary/aromatic N) is 1. The highest BCUT2D eigenvalue weighted by atomic mass is 35.5. The molecule has 0 bridgehead atoms. The van der Waals surface area contributed by atoms with Crippen molar-refractivity contribution < 1.29 is 28.3 Å². The van der Waals surface area contributed by atoms with E-state index in [0.29, 0.717) is 28.1 Å². The summed E-state index contributed by atoms with van der Waals surface area (Å²) in [6.07, 6.45) is 4.98. The lowest BCUT2D eigenvalue weighted by Crippen LogP contribution is -2.56. The first-order chi connectivity index (χ1) is 17.2. The van der Waals surface area contributed by atoms with Gasteiger partial charge in [0, 0.05) is 17.3 Å². The minimum absolute atomic E-state index is 0.189. The van der Waals surface area contributed by atoms with Gasteiger partial charge in [-0.1, -0.05) is 49.8 Å². The van der Waals surface area contributed by atoms with Crippen molar-refractivity contribution in [3.8, 4) is 5.75 Å². The maximum Gasteiger partial charge on any atom is 0.291 e. The molecule has 0 radical (unpaired) electrons. The van der Waals surface area contributed by atoms with Crippen molar-refractivity contribution in [1.29, 1.82) is 0 Å². The largest absolute Gasteiger partial charge is 0.496 e. The summed E-state index contributed by atoms with van der Waals surface area (Å²) in [5, 5.41) is 4.07. The Kier molecular flexibility index (Phi) is 9.51. The Morgan fingerprint density at radius 3 is 2.61 bits per heavy atom. The molecular weight excluding hydrogens is 493 g/mol. The van der Waals surface area contributed by atoms with E-state index < -0.39 is 35.3 Å². The van der Waals surface area contributed by atoms with Crippen LogP contribution in [-0.4, -0.2) is 58.9 Å². The fourth-order valence-corrected chi connectivity index (χ4v) is 4.54. The van der Waals surface area contributed by atoms with Crippen molar-refractivity contribution in [1.82, 2.24) is 20.7 Å². The quantitative estimate of drug-likeness (QED) is 0.279. The van der Waals surface area contributed by atoms with Crippen LogP contribution >= 0.6 is 11.6 Å². The standard InChI is InChI=1S/C24H31ClFN5O5/c1-36-19-9-5-8-16-15(19)13-18(28-16)22(33)29-17(12-14-6-3-2-4-7-14)23(34)30-31(11-10-20(27)32)24(35)21(25)26/h5,8-9,13-14,17,21,28H,2-4,6-7,10-12H2,1H3,(H2,27,32)(H,29,33)(H,30,34). The van der Waals surface area contributed by atoms with Gasteiger partial charge in [0.25, 0.3) is 23.4 Å². The number of nitrogens with one attached hydrogen (secondary N) is 3. The minimum atomic E-state index is -2.43. The Labute approximate surface area is 213 Å². The molecule has 196 valence electrons. The molecule has 1 heterocycles. The van der Waals surface area contributed by atoms with Crippen LogP contribution in [0, 0.1) is 5.92 Å². The van der Waals surface area contributed by atoms with Gasteiger partial charge >= 0.3 is 0 Å². The number of benzene rings is 1. The zero-order valence-corrected chi connectivity index (χ0v) is 20.8. The number of aromatic nitrogens is 1. The summed E-state index contributed by atoms with van der Waals surface area (Å²) in [6, 6.07) is 5.95. The molecular formula is C24H31ClFN5O5. The topological polar surface area (TPSA) is 147 Å². The molecule has 2 atom stereocenters. The van der Waals surface area contributed by atoms with Gasteiger partial charge in [0.05, 0.1) is 13.7 Å². The van der Waals surface area contributed by atoms with Crippen LogP contribution in [0.25, 0.3) is 10.9 Å². The molecule has 4 amide bonds. The molecule has 1 saturated carbocycles. The van der Waals surface area contributed by atoms with Crippen LogP contribution in [0.4, 0.5) is 4.39 Å². The Balaban J connectivity index is 1.80. The van der Waals surface area contributed by atoms with E-state index in [1.165, 1.54) is 7.11 Å². The average Bonchev–Trinajstić information content (AvgIpc) is 3.30. The number of hydrazine groups is 1. The predicted octanol–water partition coefficient (Wildman–Crippen LogP) is 2.51. The fraction of sp³-hybridized carbons (Fsp3) is 0.500. The third-order valence-electron chi connectivity index (χ3n) is 6.28. The monoisotopic (exact) mass is 523 g/mol. The number of fused-ring (bicyclic) bond motifs is 1. The third kappa shape index (κ3) is 7.09. The number of methoxy groups -OCH3 is 1. The number of nitrogens with two attached hydrogens (primary N) is 1. The van der Waals surface area contributed by atoms with Gasteiger partial charge in [-0.25, -0.2) is 9.40 Å². The van der Waals surface area contributed by atoms with Crippen molar-refractivity contribution in [2.24, 2.45) is 11.7 Å². The van der Waals surface area contributed by atoms with E-state index in [2.05, 4.69) is 15.7 Å². The number of primary amides is 1. The number of halogens is 2. The summed E-state index contributed by atoms with van der Waals surface area (Å²) in [5.74, 6) is -2.46. The second-order valence-corrected chi connectivity index (χ2v) is 9.24. The molecule has 36 heavy (non-hydrogen) atoms. The highest BCUT2D eigenvalue weighted by Crippen LogP contribution is 2.28. The van der Waals surface area contributed by atoms with Gasteiger partial charge < -0.3 is 20.8 Å². The number of amides is 4. The van der Waals surface area contributed by atoms with Crippen LogP contribution in [0.5, 0.6) is 5.75 Å². The zero-order chi connectivity index (χ0) is 26.2. The molecule has 2 unspecified atom stereocenters. The first-order valence-electron chi connectivity index (χ1n) is 11.8. The number of ether oxygens (including phenoxy) is 1. The van der Waals surface area contributed by atoms with Crippen LogP contribution in [0.2, 0.25) is 0 Å². The van der Waals surface area contributed by atoms with Crippen molar-refractivity contribution >= 4 is 46.1 Å². The van der Waals surface area contributed by atoms with Gasteiger partial charge in [0.15, 0.2) is 0 Å². The number of carbonyl (C=O) groups excluding carboxylic acids is 4. The lowest BCUT2D eigenvalue weighted by Gasteiger charge is -2.29. The molecule has 1 aliphatic carbocycles. The predicted molar refractivity (Wildman–Crippen MR) is 132 cm³/mol. The van der Waals surface area contributed by atoms with Gasteiger partial charge in [0.1, 0.15) is 17.5 Å². The van der Waals surface area contributed by atoms with Crippen LogP contribution in [0.3, 0.4) is 0 Å². The highest BCUT2D eigenvalue weighted by molar-refractivity contribution is 6.29. The summed E-state index contributed by atoms with van der Waals surface area (Å²) in [6.45, 7) is -0.362. The van der Waals surface area contributed by atoms with E-state index >= 15 is 0 Å².